The Labute approximate surface area is 227 Å². The van der Waals surface area contributed by atoms with Crippen molar-refractivity contribution in [2.24, 2.45) is 11.8 Å². The third kappa shape index (κ3) is 5.40. The van der Waals surface area contributed by atoms with Crippen LogP contribution in [-0.2, 0) is 14.3 Å². The Kier molecular flexibility index (Phi) is 8.12. The van der Waals surface area contributed by atoms with Crippen molar-refractivity contribution in [2.75, 3.05) is 19.8 Å². The fraction of sp³-hybridized carbons (Fsp3) is 0.483. The van der Waals surface area contributed by atoms with Crippen LogP contribution < -0.4 is 5.32 Å². The van der Waals surface area contributed by atoms with E-state index >= 15 is 0 Å². The quantitative estimate of drug-likeness (QED) is 0.386. The Balaban J connectivity index is 1.45. The van der Waals surface area contributed by atoms with Crippen LogP contribution in [0.25, 0.3) is 21.3 Å². The minimum atomic E-state index is -0.529. The van der Waals surface area contributed by atoms with Crippen molar-refractivity contribution in [1.29, 1.82) is 0 Å². The average Bonchev–Trinajstić information content (AvgIpc) is 3.59. The summed E-state index contributed by atoms with van der Waals surface area (Å²) < 4.78 is 6.63. The van der Waals surface area contributed by atoms with Crippen LogP contribution in [0.5, 0.6) is 0 Å². The molecular formula is C29H34ClN3O3S. The van der Waals surface area contributed by atoms with Gasteiger partial charge in [-0.25, -0.2) is 4.98 Å². The van der Waals surface area contributed by atoms with Crippen LogP contribution in [0.3, 0.4) is 0 Å². The third-order valence-corrected chi connectivity index (χ3v) is 9.23. The molecule has 2 aliphatic heterocycles. The Hall–Kier alpha value is -2.48. The number of hydrogen-bond acceptors (Lipinski definition) is 5. The number of halogens is 1. The zero-order valence-corrected chi connectivity index (χ0v) is 23.0. The molecule has 6 nitrogen and oxygen atoms in total. The van der Waals surface area contributed by atoms with Crippen molar-refractivity contribution >= 4 is 45.0 Å². The van der Waals surface area contributed by atoms with Crippen LogP contribution in [0.4, 0.5) is 0 Å². The monoisotopic (exact) mass is 539 g/mol. The summed E-state index contributed by atoms with van der Waals surface area (Å²) in [5, 5.41) is 4.77. The maximum absolute atomic E-state index is 14.1. The number of fused-ring (bicyclic) bond motifs is 1. The van der Waals surface area contributed by atoms with E-state index in [1.165, 1.54) is 0 Å². The molecule has 0 radical (unpaired) electrons. The molecule has 3 aromatic rings. The zero-order valence-electron chi connectivity index (χ0n) is 21.4. The van der Waals surface area contributed by atoms with E-state index in [9.17, 15) is 9.59 Å². The second-order valence-electron chi connectivity index (χ2n) is 10.1. The van der Waals surface area contributed by atoms with Crippen LogP contribution in [-0.4, -0.2) is 47.5 Å². The topological polar surface area (TPSA) is 71.5 Å². The highest BCUT2D eigenvalue weighted by molar-refractivity contribution is 7.18. The second-order valence-corrected chi connectivity index (χ2v) is 11.6. The number of nitrogens with zero attached hydrogens (tertiary/aromatic N) is 2. The number of carbonyl (C=O) groups excluding carboxylic acids is 2. The molecule has 0 bridgehead atoms. The third-order valence-electron chi connectivity index (χ3n) is 7.78. The van der Waals surface area contributed by atoms with Crippen LogP contribution >= 0.6 is 22.9 Å². The van der Waals surface area contributed by atoms with Gasteiger partial charge < -0.3 is 15.0 Å². The summed E-state index contributed by atoms with van der Waals surface area (Å²) in [6, 6.07) is 13.4. The molecule has 0 saturated carbocycles. The van der Waals surface area contributed by atoms with Gasteiger partial charge in [0.2, 0.25) is 11.8 Å². The fourth-order valence-electron chi connectivity index (χ4n) is 5.38. The van der Waals surface area contributed by atoms with Gasteiger partial charge in [0.25, 0.3) is 0 Å². The maximum atomic E-state index is 14.1. The predicted molar refractivity (Wildman–Crippen MR) is 149 cm³/mol. The van der Waals surface area contributed by atoms with Gasteiger partial charge in [0, 0.05) is 41.8 Å². The molecule has 0 aliphatic carbocycles. The highest BCUT2D eigenvalue weighted by atomic mass is 35.5. The lowest BCUT2D eigenvalue weighted by Crippen LogP contribution is -2.54. The molecule has 1 aromatic heterocycles. The first kappa shape index (κ1) is 26.1. The van der Waals surface area contributed by atoms with E-state index in [1.807, 2.05) is 49.1 Å². The highest BCUT2D eigenvalue weighted by Crippen LogP contribution is 2.41. The van der Waals surface area contributed by atoms with E-state index in [1.54, 1.807) is 11.3 Å². The van der Waals surface area contributed by atoms with Gasteiger partial charge in [0.15, 0.2) is 0 Å². The molecule has 3 atom stereocenters. The lowest BCUT2D eigenvalue weighted by Gasteiger charge is -2.35. The number of benzene rings is 2. The molecule has 37 heavy (non-hydrogen) atoms. The van der Waals surface area contributed by atoms with E-state index in [2.05, 4.69) is 17.4 Å². The molecule has 196 valence electrons. The highest BCUT2D eigenvalue weighted by Gasteiger charge is 2.40. The van der Waals surface area contributed by atoms with Gasteiger partial charge in [0.1, 0.15) is 11.0 Å². The standard InChI is InChI=1S/C29H34ClN3O3S/c1-3-18(2)27(34)31-25(19-13-16-36-17-14-19)29(35)33-15-7-11-23(33)28-32-26-21(9-6-12-24(26)37-28)20-8-4-5-10-22(20)30/h4-6,8-10,12,18-19,23,25H,3,7,11,13-17H2,1-2H3,(H,31,34)/t18-,23+,25+/m1/s1. The summed E-state index contributed by atoms with van der Waals surface area (Å²) in [7, 11) is 0. The number of nitrogens with one attached hydrogen (secondary N) is 1. The smallest absolute Gasteiger partial charge is 0.246 e. The molecule has 5 rings (SSSR count). The first-order valence-corrected chi connectivity index (χ1v) is 14.5. The van der Waals surface area contributed by atoms with Gasteiger partial charge in [-0.05, 0) is 50.2 Å². The van der Waals surface area contributed by atoms with Crippen molar-refractivity contribution in [2.45, 2.75) is 58.0 Å². The lowest BCUT2D eigenvalue weighted by atomic mass is 9.90. The van der Waals surface area contributed by atoms with Crippen LogP contribution in [0, 0.1) is 11.8 Å². The summed E-state index contributed by atoms with van der Waals surface area (Å²) in [6.45, 7) is 5.84. The molecule has 3 heterocycles. The Morgan fingerprint density at radius 2 is 1.89 bits per heavy atom. The second kappa shape index (κ2) is 11.5. The first-order chi connectivity index (χ1) is 18.0. The molecule has 2 amide bonds. The summed E-state index contributed by atoms with van der Waals surface area (Å²) in [5.41, 5.74) is 2.88. The summed E-state index contributed by atoms with van der Waals surface area (Å²) in [6.07, 6.45) is 4.08. The Morgan fingerprint density at radius 3 is 2.65 bits per heavy atom. The molecule has 2 aromatic carbocycles. The van der Waals surface area contributed by atoms with Crippen LogP contribution in [0.1, 0.15) is 57.0 Å². The predicted octanol–water partition coefficient (Wildman–Crippen LogP) is 6.24. The normalized spacial score (nSPS) is 20.2. The van der Waals surface area contributed by atoms with Gasteiger partial charge in [-0.15, -0.1) is 11.3 Å². The lowest BCUT2D eigenvalue weighted by molar-refractivity contribution is -0.140. The SMILES string of the molecule is CC[C@@H](C)C(=O)N[C@H](C(=O)N1CCC[C@H]1c1nc2c(-c3ccccc3Cl)cccc2s1)C1CCOCC1. The van der Waals surface area contributed by atoms with Gasteiger partial charge in [-0.1, -0.05) is 55.8 Å². The molecule has 2 aliphatic rings. The minimum Gasteiger partial charge on any atom is -0.381 e. The van der Waals surface area contributed by atoms with Crippen molar-refractivity contribution in [1.82, 2.24) is 15.2 Å². The number of ether oxygens (including phenoxy) is 1. The Morgan fingerprint density at radius 1 is 1.14 bits per heavy atom. The van der Waals surface area contributed by atoms with Crippen molar-refractivity contribution < 1.29 is 14.3 Å². The van der Waals surface area contributed by atoms with E-state index < -0.39 is 6.04 Å². The molecule has 0 spiro atoms. The molecule has 0 unspecified atom stereocenters. The van der Waals surface area contributed by atoms with Gasteiger partial charge in [-0.2, -0.15) is 0 Å². The van der Waals surface area contributed by atoms with Gasteiger partial charge in [0.05, 0.1) is 16.3 Å². The minimum absolute atomic E-state index is 0.0108. The number of carbonyl (C=O) groups is 2. The van der Waals surface area contributed by atoms with Crippen molar-refractivity contribution in [3.63, 3.8) is 0 Å². The van der Waals surface area contributed by atoms with E-state index in [4.69, 9.17) is 21.3 Å². The fourth-order valence-corrected chi connectivity index (χ4v) is 6.76. The number of aromatic nitrogens is 1. The number of para-hydroxylation sites is 1. The van der Waals surface area contributed by atoms with Crippen molar-refractivity contribution in [3.05, 3.63) is 52.5 Å². The molecule has 2 fully saturated rings. The molecule has 1 N–H and O–H groups in total. The Bertz CT molecular complexity index is 1270. The van der Waals surface area contributed by atoms with E-state index in [-0.39, 0.29) is 29.7 Å². The summed E-state index contributed by atoms with van der Waals surface area (Å²) >= 11 is 8.16. The molecular weight excluding hydrogens is 506 g/mol. The number of hydrogen-bond donors (Lipinski definition) is 1. The van der Waals surface area contributed by atoms with E-state index in [0.717, 1.165) is 58.5 Å². The maximum Gasteiger partial charge on any atom is 0.246 e. The summed E-state index contributed by atoms with van der Waals surface area (Å²) in [4.78, 5) is 34.0. The number of thiazole rings is 1. The van der Waals surface area contributed by atoms with Crippen molar-refractivity contribution in [3.8, 4) is 11.1 Å². The molecule has 2 saturated heterocycles. The number of amides is 2. The average molecular weight is 540 g/mol. The first-order valence-electron chi connectivity index (χ1n) is 13.3. The number of rotatable bonds is 7. The van der Waals surface area contributed by atoms with Gasteiger partial charge in [-0.3, -0.25) is 9.59 Å². The molecule has 8 heteroatoms. The largest absolute Gasteiger partial charge is 0.381 e. The van der Waals surface area contributed by atoms with Crippen LogP contribution in [0.15, 0.2) is 42.5 Å². The van der Waals surface area contributed by atoms with Gasteiger partial charge >= 0.3 is 0 Å². The number of likely N-dealkylation sites (tertiary alicyclic amines) is 1. The summed E-state index contributed by atoms with van der Waals surface area (Å²) in [5.74, 6) is -0.0844. The van der Waals surface area contributed by atoms with E-state index in [0.29, 0.717) is 24.8 Å². The zero-order chi connectivity index (χ0) is 25.9. The van der Waals surface area contributed by atoms with Crippen LogP contribution in [0.2, 0.25) is 5.02 Å².